The first kappa shape index (κ1) is 11.1. The van der Waals surface area contributed by atoms with Crippen LogP contribution in [0.5, 0.6) is 5.75 Å². The van der Waals surface area contributed by atoms with Crippen molar-refractivity contribution >= 4 is 0 Å². The molecule has 92 valence electrons. The first-order valence-corrected chi connectivity index (χ1v) is 6.45. The van der Waals surface area contributed by atoms with Gasteiger partial charge in [0, 0.05) is 26.1 Å². The second-order valence-electron chi connectivity index (χ2n) is 4.90. The van der Waals surface area contributed by atoms with Crippen LogP contribution < -0.4 is 10.1 Å². The molecule has 1 fully saturated rings. The van der Waals surface area contributed by atoms with Gasteiger partial charge < -0.3 is 14.8 Å². The van der Waals surface area contributed by atoms with Crippen LogP contribution in [0, 0.1) is 5.92 Å². The van der Waals surface area contributed by atoms with Gasteiger partial charge in [0.15, 0.2) is 0 Å². The minimum absolute atomic E-state index is 0.702. The van der Waals surface area contributed by atoms with E-state index in [1.54, 1.807) is 0 Å². The van der Waals surface area contributed by atoms with E-state index in [4.69, 9.17) is 9.47 Å². The molecule has 1 saturated heterocycles. The third-order valence-corrected chi connectivity index (χ3v) is 3.54. The van der Waals surface area contributed by atoms with E-state index in [1.807, 2.05) is 0 Å². The van der Waals surface area contributed by atoms with Crippen molar-refractivity contribution in [3.8, 4) is 5.75 Å². The molecule has 2 aliphatic heterocycles. The van der Waals surface area contributed by atoms with Gasteiger partial charge in [0.05, 0.1) is 13.2 Å². The Kier molecular flexibility index (Phi) is 3.29. The average molecular weight is 233 g/mol. The molecule has 0 saturated carbocycles. The van der Waals surface area contributed by atoms with Crippen LogP contribution in [0.3, 0.4) is 0 Å². The number of hydrogen-bond acceptors (Lipinski definition) is 3. The predicted molar refractivity (Wildman–Crippen MR) is 66.3 cm³/mol. The highest BCUT2D eigenvalue weighted by Crippen LogP contribution is 2.25. The maximum atomic E-state index is 5.50. The van der Waals surface area contributed by atoms with E-state index >= 15 is 0 Å². The second kappa shape index (κ2) is 5.07. The quantitative estimate of drug-likeness (QED) is 0.859. The molecule has 0 amide bonds. The first-order chi connectivity index (χ1) is 8.42. The Morgan fingerprint density at radius 3 is 3.18 bits per heavy atom. The van der Waals surface area contributed by atoms with Crippen molar-refractivity contribution in [3.05, 3.63) is 29.3 Å². The van der Waals surface area contributed by atoms with Gasteiger partial charge in [-0.2, -0.15) is 0 Å². The van der Waals surface area contributed by atoms with Gasteiger partial charge in [-0.1, -0.05) is 12.1 Å². The van der Waals surface area contributed by atoms with Gasteiger partial charge in [0.1, 0.15) is 5.75 Å². The molecule has 3 rings (SSSR count). The fourth-order valence-corrected chi connectivity index (χ4v) is 2.51. The molecule has 17 heavy (non-hydrogen) atoms. The monoisotopic (exact) mass is 233 g/mol. The third-order valence-electron chi connectivity index (χ3n) is 3.54. The number of rotatable bonds is 4. The van der Waals surface area contributed by atoms with Crippen LogP contribution in [-0.4, -0.2) is 26.4 Å². The summed E-state index contributed by atoms with van der Waals surface area (Å²) in [6, 6.07) is 6.51. The fourth-order valence-electron chi connectivity index (χ4n) is 2.51. The fraction of sp³-hybridized carbons (Fsp3) is 0.571. The van der Waals surface area contributed by atoms with E-state index in [9.17, 15) is 0 Å². The van der Waals surface area contributed by atoms with Crippen molar-refractivity contribution in [1.82, 2.24) is 5.32 Å². The highest BCUT2D eigenvalue weighted by molar-refractivity contribution is 5.39. The minimum atomic E-state index is 0.702. The van der Waals surface area contributed by atoms with Crippen molar-refractivity contribution in [1.29, 1.82) is 0 Å². The number of ether oxygens (including phenoxy) is 2. The number of benzene rings is 1. The summed E-state index contributed by atoms with van der Waals surface area (Å²) >= 11 is 0. The Hall–Kier alpha value is -1.06. The van der Waals surface area contributed by atoms with Crippen LogP contribution in [0.25, 0.3) is 0 Å². The lowest BCUT2D eigenvalue weighted by Gasteiger charge is -2.10. The van der Waals surface area contributed by atoms with E-state index in [0.29, 0.717) is 5.92 Å². The normalized spacial score (nSPS) is 22.5. The molecule has 1 aromatic carbocycles. The summed E-state index contributed by atoms with van der Waals surface area (Å²) in [5, 5.41) is 3.51. The first-order valence-electron chi connectivity index (χ1n) is 6.45. The zero-order valence-electron chi connectivity index (χ0n) is 10.1. The second-order valence-corrected chi connectivity index (χ2v) is 4.90. The Morgan fingerprint density at radius 2 is 2.29 bits per heavy atom. The van der Waals surface area contributed by atoms with Gasteiger partial charge in [-0.25, -0.2) is 0 Å². The van der Waals surface area contributed by atoms with Crippen molar-refractivity contribution in [2.75, 3.05) is 26.4 Å². The molecule has 0 aromatic heterocycles. The van der Waals surface area contributed by atoms with E-state index in [1.165, 1.54) is 17.5 Å². The molecule has 0 bridgehead atoms. The van der Waals surface area contributed by atoms with Crippen LogP contribution in [0.2, 0.25) is 0 Å². The Labute approximate surface area is 102 Å². The van der Waals surface area contributed by atoms with Gasteiger partial charge in [0.25, 0.3) is 0 Å². The SMILES string of the molecule is c1cc2c(cc1CNCC1CCOC1)CCO2. The van der Waals surface area contributed by atoms with Crippen molar-refractivity contribution in [2.45, 2.75) is 19.4 Å². The standard InChI is InChI=1S/C14H19NO2/c1-2-14-13(4-6-17-14)7-11(1)8-15-9-12-3-5-16-10-12/h1-2,7,12,15H,3-6,8-10H2. The summed E-state index contributed by atoms with van der Waals surface area (Å²) in [6.07, 6.45) is 2.25. The van der Waals surface area contributed by atoms with Gasteiger partial charge >= 0.3 is 0 Å². The van der Waals surface area contributed by atoms with Crippen LogP contribution in [0.4, 0.5) is 0 Å². The molecule has 1 aromatic rings. The lowest BCUT2D eigenvalue weighted by Crippen LogP contribution is -2.22. The molecule has 3 nitrogen and oxygen atoms in total. The van der Waals surface area contributed by atoms with E-state index in [2.05, 4.69) is 23.5 Å². The maximum absolute atomic E-state index is 5.50. The highest BCUT2D eigenvalue weighted by Gasteiger charge is 2.15. The van der Waals surface area contributed by atoms with Gasteiger partial charge in [0.2, 0.25) is 0 Å². The predicted octanol–water partition coefficient (Wildman–Crippen LogP) is 1.75. The topological polar surface area (TPSA) is 30.5 Å². The van der Waals surface area contributed by atoms with Crippen LogP contribution >= 0.6 is 0 Å². The molecule has 3 heteroatoms. The largest absolute Gasteiger partial charge is 0.493 e. The van der Waals surface area contributed by atoms with Crippen molar-refractivity contribution in [2.24, 2.45) is 5.92 Å². The third kappa shape index (κ3) is 2.61. The molecule has 2 heterocycles. The summed E-state index contributed by atoms with van der Waals surface area (Å²) < 4.78 is 10.9. The maximum Gasteiger partial charge on any atom is 0.122 e. The van der Waals surface area contributed by atoms with Crippen LogP contribution in [0.15, 0.2) is 18.2 Å². The summed E-state index contributed by atoms with van der Waals surface area (Å²) in [5.74, 6) is 1.77. The van der Waals surface area contributed by atoms with Gasteiger partial charge in [-0.05, 0) is 29.5 Å². The van der Waals surface area contributed by atoms with Gasteiger partial charge in [-0.15, -0.1) is 0 Å². The van der Waals surface area contributed by atoms with E-state index in [0.717, 1.165) is 45.1 Å². The smallest absolute Gasteiger partial charge is 0.122 e. The Bertz CT molecular complexity index is 386. The summed E-state index contributed by atoms with van der Waals surface area (Å²) in [7, 11) is 0. The molecule has 2 aliphatic rings. The lowest BCUT2D eigenvalue weighted by molar-refractivity contribution is 0.185. The Balaban J connectivity index is 1.51. The zero-order chi connectivity index (χ0) is 11.5. The Morgan fingerprint density at radius 1 is 1.29 bits per heavy atom. The highest BCUT2D eigenvalue weighted by atomic mass is 16.5. The van der Waals surface area contributed by atoms with E-state index < -0.39 is 0 Å². The molecule has 1 N–H and O–H groups in total. The molecule has 0 spiro atoms. The lowest BCUT2D eigenvalue weighted by atomic mass is 10.1. The molecule has 1 unspecified atom stereocenters. The molecular formula is C14H19NO2. The number of fused-ring (bicyclic) bond motifs is 1. The number of nitrogens with one attached hydrogen (secondary N) is 1. The molecule has 1 atom stereocenters. The summed E-state index contributed by atoms with van der Waals surface area (Å²) in [6.45, 7) is 4.70. The van der Waals surface area contributed by atoms with E-state index in [-0.39, 0.29) is 0 Å². The summed E-state index contributed by atoms with van der Waals surface area (Å²) in [5.41, 5.74) is 2.71. The summed E-state index contributed by atoms with van der Waals surface area (Å²) in [4.78, 5) is 0. The van der Waals surface area contributed by atoms with Crippen LogP contribution in [-0.2, 0) is 17.7 Å². The van der Waals surface area contributed by atoms with Crippen molar-refractivity contribution < 1.29 is 9.47 Å². The van der Waals surface area contributed by atoms with Gasteiger partial charge in [-0.3, -0.25) is 0 Å². The van der Waals surface area contributed by atoms with Crippen LogP contribution in [0.1, 0.15) is 17.5 Å². The molecular weight excluding hydrogens is 214 g/mol. The zero-order valence-corrected chi connectivity index (χ0v) is 10.1. The minimum Gasteiger partial charge on any atom is -0.493 e. The number of hydrogen-bond donors (Lipinski definition) is 1. The average Bonchev–Trinajstić information content (AvgIpc) is 2.98. The van der Waals surface area contributed by atoms with Crippen molar-refractivity contribution in [3.63, 3.8) is 0 Å². The molecule has 0 radical (unpaired) electrons. The molecule has 0 aliphatic carbocycles.